The Hall–Kier alpha value is -0.930. The van der Waals surface area contributed by atoms with Crippen LogP contribution in [0.1, 0.15) is 31.9 Å². The molecule has 0 saturated carbocycles. The van der Waals surface area contributed by atoms with Gasteiger partial charge in [0.15, 0.2) is 0 Å². The summed E-state index contributed by atoms with van der Waals surface area (Å²) in [5.41, 5.74) is 8.93. The summed E-state index contributed by atoms with van der Waals surface area (Å²) < 4.78 is 11.0. The number of nitrogens with zero attached hydrogens (tertiary/aromatic N) is 1. The van der Waals surface area contributed by atoms with Crippen molar-refractivity contribution in [2.24, 2.45) is 5.73 Å². The molecule has 0 aromatic carbocycles. The number of rotatable bonds is 11. The number of thiazole rings is 1. The SMILES string of the molecule is CC#CCCOCC(N)COCCCCc1cscn1. The average Bonchev–Trinajstić information content (AvgIpc) is 2.95. The molecule has 0 bridgehead atoms. The molecule has 0 fully saturated rings. The largest absolute Gasteiger partial charge is 0.380 e. The first-order valence-corrected chi connectivity index (χ1v) is 7.95. The van der Waals surface area contributed by atoms with E-state index >= 15 is 0 Å². The van der Waals surface area contributed by atoms with Crippen molar-refractivity contribution in [1.29, 1.82) is 0 Å². The van der Waals surface area contributed by atoms with Gasteiger partial charge in [-0.1, -0.05) is 0 Å². The van der Waals surface area contributed by atoms with Gasteiger partial charge in [0, 0.05) is 18.4 Å². The van der Waals surface area contributed by atoms with E-state index < -0.39 is 0 Å². The van der Waals surface area contributed by atoms with Crippen molar-refractivity contribution in [2.75, 3.05) is 26.4 Å². The van der Waals surface area contributed by atoms with E-state index in [-0.39, 0.29) is 6.04 Å². The normalized spacial score (nSPS) is 11.9. The number of unbranched alkanes of at least 4 members (excludes halogenated alkanes) is 1. The van der Waals surface area contributed by atoms with E-state index in [4.69, 9.17) is 15.2 Å². The Balaban J connectivity index is 1.86. The zero-order chi connectivity index (χ0) is 14.5. The van der Waals surface area contributed by atoms with Crippen LogP contribution in [0.25, 0.3) is 0 Å². The fraction of sp³-hybridized carbons (Fsp3) is 0.667. The molecule has 1 aromatic rings. The van der Waals surface area contributed by atoms with Crippen molar-refractivity contribution in [3.8, 4) is 11.8 Å². The molecule has 20 heavy (non-hydrogen) atoms. The molecule has 0 aliphatic heterocycles. The standard InChI is InChI=1S/C15H24N2O2S/c1-2-3-5-8-18-10-14(16)11-19-9-6-4-7-15-12-20-13-17-15/h12-14H,4-11,16H2,1H3. The quantitative estimate of drug-likeness (QED) is 0.502. The molecule has 0 aliphatic carbocycles. The first kappa shape index (κ1) is 17.1. The summed E-state index contributed by atoms with van der Waals surface area (Å²) in [6.45, 7) is 4.30. The van der Waals surface area contributed by atoms with Gasteiger partial charge in [-0.25, -0.2) is 4.98 Å². The first-order chi connectivity index (χ1) is 9.83. The molecule has 1 heterocycles. The number of hydrogen-bond donors (Lipinski definition) is 1. The Kier molecular flexibility index (Phi) is 10.2. The maximum Gasteiger partial charge on any atom is 0.0794 e. The second-order valence-corrected chi connectivity index (χ2v) is 5.24. The van der Waals surface area contributed by atoms with Gasteiger partial charge in [-0.2, -0.15) is 0 Å². The highest BCUT2D eigenvalue weighted by Gasteiger charge is 2.02. The summed E-state index contributed by atoms with van der Waals surface area (Å²) >= 11 is 1.64. The summed E-state index contributed by atoms with van der Waals surface area (Å²) in [5, 5.41) is 2.09. The van der Waals surface area contributed by atoms with Crippen LogP contribution in [-0.2, 0) is 15.9 Å². The van der Waals surface area contributed by atoms with Crippen LogP contribution in [0.5, 0.6) is 0 Å². The molecule has 1 aromatic heterocycles. The lowest BCUT2D eigenvalue weighted by Crippen LogP contribution is -2.31. The number of aryl methyl sites for hydroxylation is 1. The molecule has 5 heteroatoms. The fourth-order valence-electron chi connectivity index (χ4n) is 1.64. The van der Waals surface area contributed by atoms with Crippen LogP contribution in [0.15, 0.2) is 10.9 Å². The van der Waals surface area contributed by atoms with Gasteiger partial charge >= 0.3 is 0 Å². The van der Waals surface area contributed by atoms with E-state index in [0.29, 0.717) is 19.8 Å². The Labute approximate surface area is 125 Å². The predicted octanol–water partition coefficient (Wildman–Crippen LogP) is 2.24. The summed E-state index contributed by atoms with van der Waals surface area (Å²) in [6, 6.07) is -0.0527. The molecule has 1 rings (SSSR count). The van der Waals surface area contributed by atoms with Crippen LogP contribution in [-0.4, -0.2) is 37.5 Å². The number of hydrogen-bond acceptors (Lipinski definition) is 5. The molecular formula is C15H24N2O2S. The maximum absolute atomic E-state index is 5.89. The minimum atomic E-state index is -0.0527. The highest BCUT2D eigenvalue weighted by molar-refractivity contribution is 7.07. The Morgan fingerprint density at radius 1 is 1.30 bits per heavy atom. The van der Waals surface area contributed by atoms with E-state index in [2.05, 4.69) is 22.2 Å². The molecule has 0 amide bonds. The van der Waals surface area contributed by atoms with E-state index in [9.17, 15) is 0 Å². The molecule has 0 radical (unpaired) electrons. The van der Waals surface area contributed by atoms with Crippen LogP contribution in [0.2, 0.25) is 0 Å². The van der Waals surface area contributed by atoms with Crippen LogP contribution in [0.3, 0.4) is 0 Å². The zero-order valence-electron chi connectivity index (χ0n) is 12.1. The summed E-state index contributed by atoms with van der Waals surface area (Å²) in [4.78, 5) is 4.25. The fourth-order valence-corrected chi connectivity index (χ4v) is 2.23. The van der Waals surface area contributed by atoms with Crippen molar-refractivity contribution >= 4 is 11.3 Å². The highest BCUT2D eigenvalue weighted by atomic mass is 32.1. The predicted molar refractivity (Wildman–Crippen MR) is 82.7 cm³/mol. The Morgan fingerprint density at radius 3 is 2.80 bits per heavy atom. The molecule has 1 unspecified atom stereocenters. The molecule has 4 nitrogen and oxygen atoms in total. The van der Waals surface area contributed by atoms with Crippen molar-refractivity contribution in [3.05, 3.63) is 16.6 Å². The third-order valence-corrected chi connectivity index (χ3v) is 3.30. The number of ether oxygens (including phenoxy) is 2. The molecule has 0 spiro atoms. The van der Waals surface area contributed by atoms with Gasteiger partial charge in [-0.3, -0.25) is 0 Å². The van der Waals surface area contributed by atoms with Gasteiger partial charge in [0.2, 0.25) is 0 Å². The van der Waals surface area contributed by atoms with Crippen molar-refractivity contribution < 1.29 is 9.47 Å². The van der Waals surface area contributed by atoms with Gasteiger partial charge in [-0.05, 0) is 26.2 Å². The third kappa shape index (κ3) is 9.05. The molecular weight excluding hydrogens is 272 g/mol. The molecule has 112 valence electrons. The monoisotopic (exact) mass is 296 g/mol. The Morgan fingerprint density at radius 2 is 2.10 bits per heavy atom. The smallest absolute Gasteiger partial charge is 0.0794 e. The van der Waals surface area contributed by atoms with E-state index in [1.165, 1.54) is 5.69 Å². The van der Waals surface area contributed by atoms with Gasteiger partial charge in [0.05, 0.1) is 37.1 Å². The molecule has 0 saturated heterocycles. The topological polar surface area (TPSA) is 57.4 Å². The zero-order valence-corrected chi connectivity index (χ0v) is 13.0. The third-order valence-electron chi connectivity index (χ3n) is 2.67. The lowest BCUT2D eigenvalue weighted by molar-refractivity contribution is 0.0681. The summed E-state index contributed by atoms with van der Waals surface area (Å²) in [6.07, 6.45) is 3.93. The first-order valence-electron chi connectivity index (χ1n) is 7.00. The second kappa shape index (κ2) is 11.9. The minimum absolute atomic E-state index is 0.0527. The Bertz CT molecular complexity index is 384. The van der Waals surface area contributed by atoms with Crippen molar-refractivity contribution in [3.63, 3.8) is 0 Å². The van der Waals surface area contributed by atoms with Gasteiger partial charge < -0.3 is 15.2 Å². The van der Waals surface area contributed by atoms with Crippen LogP contribution in [0, 0.1) is 11.8 Å². The van der Waals surface area contributed by atoms with Crippen molar-refractivity contribution in [1.82, 2.24) is 4.98 Å². The number of aromatic nitrogens is 1. The van der Waals surface area contributed by atoms with Gasteiger partial charge in [0.1, 0.15) is 0 Å². The average molecular weight is 296 g/mol. The van der Waals surface area contributed by atoms with Crippen molar-refractivity contribution in [2.45, 2.75) is 38.6 Å². The van der Waals surface area contributed by atoms with Gasteiger partial charge in [0.25, 0.3) is 0 Å². The van der Waals surface area contributed by atoms with Crippen LogP contribution in [0.4, 0.5) is 0 Å². The van der Waals surface area contributed by atoms with Crippen LogP contribution < -0.4 is 5.73 Å². The minimum Gasteiger partial charge on any atom is -0.380 e. The highest BCUT2D eigenvalue weighted by Crippen LogP contribution is 2.05. The van der Waals surface area contributed by atoms with E-state index in [1.807, 2.05) is 12.4 Å². The molecule has 2 N–H and O–H groups in total. The lowest BCUT2D eigenvalue weighted by atomic mass is 10.2. The summed E-state index contributed by atoms with van der Waals surface area (Å²) in [7, 11) is 0. The van der Waals surface area contributed by atoms with E-state index in [1.54, 1.807) is 11.3 Å². The van der Waals surface area contributed by atoms with Crippen LogP contribution >= 0.6 is 11.3 Å². The van der Waals surface area contributed by atoms with Gasteiger partial charge in [-0.15, -0.1) is 23.2 Å². The van der Waals surface area contributed by atoms with E-state index in [0.717, 1.165) is 32.3 Å². The maximum atomic E-state index is 5.89. The summed E-state index contributed by atoms with van der Waals surface area (Å²) in [5.74, 6) is 5.78. The second-order valence-electron chi connectivity index (χ2n) is 4.52. The lowest BCUT2D eigenvalue weighted by Gasteiger charge is -2.12. The molecule has 1 atom stereocenters. The molecule has 0 aliphatic rings. The number of nitrogens with two attached hydrogens (primary N) is 1.